The summed E-state index contributed by atoms with van der Waals surface area (Å²) in [5.74, 6) is 0.203. The van der Waals surface area contributed by atoms with Gasteiger partial charge >= 0.3 is 0 Å². The van der Waals surface area contributed by atoms with Crippen molar-refractivity contribution in [1.29, 1.82) is 0 Å². The van der Waals surface area contributed by atoms with Gasteiger partial charge in [-0.2, -0.15) is 0 Å². The number of halogens is 2. The van der Waals surface area contributed by atoms with E-state index in [1.807, 2.05) is 19.9 Å². The zero-order chi connectivity index (χ0) is 8.43. The van der Waals surface area contributed by atoms with Crippen LogP contribution in [0, 0.1) is 5.82 Å². The summed E-state index contributed by atoms with van der Waals surface area (Å²) >= 11 is 3.10. The second-order valence-corrected chi connectivity index (χ2v) is 3.68. The molecule has 0 aliphatic rings. The lowest BCUT2D eigenvalue weighted by Crippen LogP contribution is -1.88. The molecule has 60 valence electrons. The van der Waals surface area contributed by atoms with Crippen molar-refractivity contribution in [3.8, 4) is 0 Å². The third-order valence-corrected chi connectivity index (χ3v) is 2.25. The van der Waals surface area contributed by atoms with E-state index in [1.54, 1.807) is 12.1 Å². The van der Waals surface area contributed by atoms with Crippen LogP contribution >= 0.6 is 15.9 Å². The van der Waals surface area contributed by atoms with E-state index in [0.29, 0.717) is 10.4 Å². The van der Waals surface area contributed by atoms with E-state index >= 15 is 0 Å². The largest absolute Gasteiger partial charge is 0.206 e. The van der Waals surface area contributed by atoms with Crippen LogP contribution in [0.15, 0.2) is 22.7 Å². The van der Waals surface area contributed by atoms with Crippen molar-refractivity contribution in [3.05, 3.63) is 34.1 Å². The van der Waals surface area contributed by atoms with Gasteiger partial charge in [-0.3, -0.25) is 0 Å². The van der Waals surface area contributed by atoms with Crippen LogP contribution in [0.3, 0.4) is 0 Å². The molecular formula is C9H10BrF. The summed E-state index contributed by atoms with van der Waals surface area (Å²) in [5, 5.41) is 0. The van der Waals surface area contributed by atoms with Crippen LogP contribution in [0.5, 0.6) is 0 Å². The van der Waals surface area contributed by atoms with Crippen molar-refractivity contribution in [1.82, 2.24) is 0 Å². The van der Waals surface area contributed by atoms with E-state index in [2.05, 4.69) is 15.9 Å². The molecule has 0 unspecified atom stereocenters. The molecule has 0 saturated heterocycles. The number of hydrogen-bond donors (Lipinski definition) is 0. The van der Waals surface area contributed by atoms with E-state index in [9.17, 15) is 4.39 Å². The Morgan fingerprint density at radius 3 is 2.45 bits per heavy atom. The highest BCUT2D eigenvalue weighted by molar-refractivity contribution is 9.10. The molecule has 0 spiro atoms. The lowest BCUT2D eigenvalue weighted by molar-refractivity contribution is 0.616. The van der Waals surface area contributed by atoms with Crippen LogP contribution in [0.2, 0.25) is 0 Å². The fraction of sp³-hybridized carbons (Fsp3) is 0.333. The highest BCUT2D eigenvalue weighted by Crippen LogP contribution is 2.20. The second kappa shape index (κ2) is 3.35. The molecule has 0 bridgehead atoms. The van der Waals surface area contributed by atoms with Gasteiger partial charge in [0, 0.05) is 0 Å². The third kappa shape index (κ3) is 2.03. The fourth-order valence-corrected chi connectivity index (χ4v) is 1.12. The molecule has 0 fully saturated rings. The van der Waals surface area contributed by atoms with E-state index in [0.717, 1.165) is 5.56 Å². The Bertz CT molecular complexity index is 256. The molecule has 11 heavy (non-hydrogen) atoms. The standard InChI is InChI=1S/C9H10BrF/c1-6(2)7-3-4-8(10)9(11)5-7/h3-6H,1-2H3. The smallest absolute Gasteiger partial charge is 0.137 e. The van der Waals surface area contributed by atoms with Crippen molar-refractivity contribution in [3.63, 3.8) is 0 Å². The van der Waals surface area contributed by atoms with Gasteiger partial charge < -0.3 is 0 Å². The quantitative estimate of drug-likeness (QED) is 0.672. The van der Waals surface area contributed by atoms with E-state index in [4.69, 9.17) is 0 Å². The number of benzene rings is 1. The molecule has 0 heterocycles. The Morgan fingerprint density at radius 2 is 2.00 bits per heavy atom. The molecule has 0 amide bonds. The first-order valence-corrected chi connectivity index (χ1v) is 4.35. The first-order chi connectivity index (χ1) is 5.11. The lowest BCUT2D eigenvalue weighted by Gasteiger charge is -2.04. The molecule has 1 aromatic rings. The average Bonchev–Trinajstić information content (AvgIpc) is 1.94. The van der Waals surface area contributed by atoms with Crippen LogP contribution < -0.4 is 0 Å². The minimum absolute atomic E-state index is 0.184. The number of hydrogen-bond acceptors (Lipinski definition) is 0. The SMILES string of the molecule is CC(C)c1ccc(Br)c(F)c1. The molecule has 0 N–H and O–H groups in total. The summed E-state index contributed by atoms with van der Waals surface area (Å²) < 4.78 is 13.4. The summed E-state index contributed by atoms with van der Waals surface area (Å²) in [7, 11) is 0. The van der Waals surface area contributed by atoms with Gasteiger partial charge in [-0.1, -0.05) is 19.9 Å². The summed E-state index contributed by atoms with van der Waals surface area (Å²) in [6.07, 6.45) is 0. The van der Waals surface area contributed by atoms with Crippen molar-refractivity contribution < 1.29 is 4.39 Å². The fourth-order valence-electron chi connectivity index (χ4n) is 0.871. The molecular weight excluding hydrogens is 207 g/mol. The first kappa shape index (κ1) is 8.72. The highest BCUT2D eigenvalue weighted by atomic mass is 79.9. The average molecular weight is 217 g/mol. The maximum atomic E-state index is 12.9. The molecule has 1 aromatic carbocycles. The van der Waals surface area contributed by atoms with Crippen LogP contribution in [-0.2, 0) is 0 Å². The van der Waals surface area contributed by atoms with Gasteiger partial charge in [0.2, 0.25) is 0 Å². The summed E-state index contributed by atoms with van der Waals surface area (Å²) in [6, 6.07) is 5.23. The minimum Gasteiger partial charge on any atom is -0.206 e. The van der Waals surface area contributed by atoms with Crippen molar-refractivity contribution in [2.45, 2.75) is 19.8 Å². The molecule has 0 nitrogen and oxygen atoms in total. The first-order valence-electron chi connectivity index (χ1n) is 3.56. The molecule has 0 saturated carbocycles. The van der Waals surface area contributed by atoms with Gasteiger partial charge in [-0.15, -0.1) is 0 Å². The van der Waals surface area contributed by atoms with Gasteiger partial charge in [0.25, 0.3) is 0 Å². The summed E-state index contributed by atoms with van der Waals surface area (Å²) in [6.45, 7) is 4.09. The molecule has 0 atom stereocenters. The lowest BCUT2D eigenvalue weighted by atomic mass is 10.0. The zero-order valence-corrected chi connectivity index (χ0v) is 8.15. The van der Waals surface area contributed by atoms with Crippen LogP contribution in [0.1, 0.15) is 25.3 Å². The molecule has 0 radical (unpaired) electrons. The van der Waals surface area contributed by atoms with Gasteiger partial charge in [0.15, 0.2) is 0 Å². The van der Waals surface area contributed by atoms with E-state index in [-0.39, 0.29) is 5.82 Å². The maximum absolute atomic E-state index is 12.9. The minimum atomic E-state index is -0.184. The van der Waals surface area contributed by atoms with Gasteiger partial charge in [-0.05, 0) is 39.5 Å². The molecule has 0 aliphatic carbocycles. The van der Waals surface area contributed by atoms with E-state index in [1.165, 1.54) is 0 Å². The third-order valence-electron chi connectivity index (χ3n) is 1.61. The van der Waals surface area contributed by atoms with Crippen LogP contribution in [0.25, 0.3) is 0 Å². The van der Waals surface area contributed by atoms with E-state index < -0.39 is 0 Å². The van der Waals surface area contributed by atoms with Gasteiger partial charge in [0.05, 0.1) is 4.47 Å². The topological polar surface area (TPSA) is 0 Å². The van der Waals surface area contributed by atoms with Gasteiger partial charge in [0.1, 0.15) is 5.82 Å². The van der Waals surface area contributed by atoms with Crippen LogP contribution in [0.4, 0.5) is 4.39 Å². The molecule has 1 rings (SSSR count). The Kier molecular flexibility index (Phi) is 2.66. The Hall–Kier alpha value is -0.370. The summed E-state index contributed by atoms with van der Waals surface area (Å²) in [4.78, 5) is 0. The molecule has 2 heteroatoms. The highest BCUT2D eigenvalue weighted by Gasteiger charge is 2.02. The van der Waals surface area contributed by atoms with Crippen molar-refractivity contribution in [2.24, 2.45) is 0 Å². The van der Waals surface area contributed by atoms with Gasteiger partial charge in [-0.25, -0.2) is 4.39 Å². The Labute approximate surface area is 74.6 Å². The van der Waals surface area contributed by atoms with Crippen molar-refractivity contribution >= 4 is 15.9 Å². The predicted molar refractivity (Wildman–Crippen MR) is 48.2 cm³/mol. The maximum Gasteiger partial charge on any atom is 0.137 e. The monoisotopic (exact) mass is 216 g/mol. The summed E-state index contributed by atoms with van der Waals surface area (Å²) in [5.41, 5.74) is 1.03. The van der Waals surface area contributed by atoms with Crippen molar-refractivity contribution in [2.75, 3.05) is 0 Å². The Morgan fingerprint density at radius 1 is 1.36 bits per heavy atom. The zero-order valence-electron chi connectivity index (χ0n) is 6.57. The molecule has 0 aliphatic heterocycles. The normalized spacial score (nSPS) is 10.6. The number of rotatable bonds is 1. The van der Waals surface area contributed by atoms with Crippen LogP contribution in [-0.4, -0.2) is 0 Å². The predicted octanol–water partition coefficient (Wildman–Crippen LogP) is 3.71. The molecule has 0 aromatic heterocycles. The second-order valence-electron chi connectivity index (χ2n) is 2.83. The Balaban J connectivity index is 3.05.